The van der Waals surface area contributed by atoms with Gasteiger partial charge in [0.2, 0.25) is 5.28 Å². The van der Waals surface area contributed by atoms with Gasteiger partial charge in [0.1, 0.15) is 11.6 Å². The van der Waals surface area contributed by atoms with Crippen LogP contribution in [0, 0.1) is 0 Å². The van der Waals surface area contributed by atoms with Gasteiger partial charge in [-0.05, 0) is 29.3 Å². The maximum Gasteiger partial charge on any atom is 0.225 e. The van der Waals surface area contributed by atoms with Crippen LogP contribution in [0.5, 0.6) is 5.75 Å². The Balaban J connectivity index is 2.35. The first-order valence-electron chi connectivity index (χ1n) is 6.14. The van der Waals surface area contributed by atoms with E-state index in [2.05, 4.69) is 31.0 Å². The lowest BCUT2D eigenvalue weighted by Crippen LogP contribution is -2.19. The summed E-state index contributed by atoms with van der Waals surface area (Å²) in [6.45, 7) is 6.91. The summed E-state index contributed by atoms with van der Waals surface area (Å²) < 4.78 is 7.16. The largest absolute Gasteiger partial charge is 0.497 e. The third kappa shape index (κ3) is 3.07. The molecular formula is C14H18ClN3O. The van der Waals surface area contributed by atoms with E-state index in [9.17, 15) is 0 Å². The van der Waals surface area contributed by atoms with E-state index in [1.807, 2.05) is 28.8 Å². The summed E-state index contributed by atoms with van der Waals surface area (Å²) in [5.74, 6) is 1.71. The van der Waals surface area contributed by atoms with E-state index < -0.39 is 0 Å². The molecule has 0 aliphatic heterocycles. The highest BCUT2D eigenvalue weighted by atomic mass is 35.5. The molecular weight excluding hydrogens is 262 g/mol. The topological polar surface area (TPSA) is 39.9 Å². The fraction of sp³-hybridized carbons (Fsp3) is 0.429. The second-order valence-corrected chi connectivity index (χ2v) is 5.82. The number of rotatable bonds is 3. The number of ether oxygens (including phenoxy) is 1. The molecule has 0 atom stereocenters. The fourth-order valence-electron chi connectivity index (χ4n) is 1.93. The summed E-state index contributed by atoms with van der Waals surface area (Å²) in [4.78, 5) is 0. The zero-order chi connectivity index (χ0) is 14.0. The van der Waals surface area contributed by atoms with Crippen molar-refractivity contribution in [1.29, 1.82) is 0 Å². The number of hydrogen-bond donors (Lipinski definition) is 0. The molecule has 0 amide bonds. The molecule has 2 rings (SSSR count). The summed E-state index contributed by atoms with van der Waals surface area (Å²) >= 11 is 6.13. The zero-order valence-electron chi connectivity index (χ0n) is 11.6. The number of hydrogen-bond acceptors (Lipinski definition) is 3. The SMILES string of the molecule is COc1cccc(Cn2c(Cl)nnc2C(C)(C)C)c1. The van der Waals surface area contributed by atoms with Crippen LogP contribution in [-0.4, -0.2) is 21.9 Å². The molecule has 2 aromatic rings. The van der Waals surface area contributed by atoms with Crippen LogP contribution < -0.4 is 4.74 Å². The predicted molar refractivity (Wildman–Crippen MR) is 75.8 cm³/mol. The molecule has 0 saturated heterocycles. The second-order valence-electron chi connectivity index (χ2n) is 5.48. The first-order valence-corrected chi connectivity index (χ1v) is 6.51. The Bertz CT molecular complexity index is 572. The van der Waals surface area contributed by atoms with E-state index >= 15 is 0 Å². The molecule has 0 fully saturated rings. The zero-order valence-corrected chi connectivity index (χ0v) is 12.4. The third-order valence-electron chi connectivity index (χ3n) is 2.85. The van der Waals surface area contributed by atoms with Crippen LogP contribution in [0.2, 0.25) is 5.28 Å². The van der Waals surface area contributed by atoms with E-state index in [1.54, 1.807) is 7.11 Å². The molecule has 1 aromatic heterocycles. The van der Waals surface area contributed by atoms with Crippen molar-refractivity contribution in [2.75, 3.05) is 7.11 Å². The minimum Gasteiger partial charge on any atom is -0.497 e. The van der Waals surface area contributed by atoms with Gasteiger partial charge < -0.3 is 4.74 Å². The standard InChI is InChI=1S/C14H18ClN3O/c1-14(2,3)12-16-17-13(15)18(12)9-10-6-5-7-11(8-10)19-4/h5-8H,9H2,1-4H3. The fourth-order valence-corrected chi connectivity index (χ4v) is 2.11. The van der Waals surface area contributed by atoms with Crippen molar-refractivity contribution < 1.29 is 4.74 Å². The lowest BCUT2D eigenvalue weighted by molar-refractivity contribution is 0.414. The average Bonchev–Trinajstić information content (AvgIpc) is 2.71. The molecule has 0 radical (unpaired) electrons. The highest BCUT2D eigenvalue weighted by Gasteiger charge is 2.23. The van der Waals surface area contributed by atoms with Crippen LogP contribution in [0.15, 0.2) is 24.3 Å². The van der Waals surface area contributed by atoms with Crippen LogP contribution in [0.25, 0.3) is 0 Å². The normalized spacial score (nSPS) is 11.6. The van der Waals surface area contributed by atoms with Gasteiger partial charge in [-0.1, -0.05) is 32.9 Å². The van der Waals surface area contributed by atoms with Gasteiger partial charge in [0.25, 0.3) is 0 Å². The van der Waals surface area contributed by atoms with E-state index in [0.717, 1.165) is 17.1 Å². The number of methoxy groups -OCH3 is 1. The molecule has 1 heterocycles. The van der Waals surface area contributed by atoms with Crippen molar-refractivity contribution in [3.8, 4) is 5.75 Å². The third-order valence-corrected chi connectivity index (χ3v) is 3.13. The average molecular weight is 280 g/mol. The van der Waals surface area contributed by atoms with Gasteiger partial charge in [-0.25, -0.2) is 0 Å². The maximum atomic E-state index is 6.13. The van der Waals surface area contributed by atoms with Gasteiger partial charge in [0.15, 0.2) is 0 Å². The molecule has 0 N–H and O–H groups in total. The van der Waals surface area contributed by atoms with Gasteiger partial charge >= 0.3 is 0 Å². The van der Waals surface area contributed by atoms with Crippen molar-refractivity contribution in [3.63, 3.8) is 0 Å². The number of halogens is 1. The molecule has 4 nitrogen and oxygen atoms in total. The van der Waals surface area contributed by atoms with Crippen molar-refractivity contribution in [2.45, 2.75) is 32.7 Å². The monoisotopic (exact) mass is 279 g/mol. The molecule has 0 aliphatic rings. The number of benzene rings is 1. The van der Waals surface area contributed by atoms with Crippen LogP contribution in [0.4, 0.5) is 0 Å². The van der Waals surface area contributed by atoms with Crippen LogP contribution in [0.3, 0.4) is 0 Å². The first kappa shape index (κ1) is 13.9. The van der Waals surface area contributed by atoms with Crippen LogP contribution >= 0.6 is 11.6 Å². The molecule has 19 heavy (non-hydrogen) atoms. The highest BCUT2D eigenvalue weighted by molar-refractivity contribution is 6.28. The Morgan fingerprint density at radius 2 is 2.00 bits per heavy atom. The van der Waals surface area contributed by atoms with Crippen molar-refractivity contribution >= 4 is 11.6 Å². The van der Waals surface area contributed by atoms with Crippen molar-refractivity contribution in [3.05, 3.63) is 40.9 Å². The molecule has 102 valence electrons. The molecule has 0 spiro atoms. The minimum absolute atomic E-state index is 0.0982. The van der Waals surface area contributed by atoms with Gasteiger partial charge in [-0.3, -0.25) is 4.57 Å². The molecule has 0 aliphatic carbocycles. The summed E-state index contributed by atoms with van der Waals surface area (Å²) in [6, 6.07) is 7.90. The van der Waals surface area contributed by atoms with Crippen molar-refractivity contribution in [2.24, 2.45) is 0 Å². The van der Waals surface area contributed by atoms with Gasteiger partial charge in [0, 0.05) is 5.41 Å². The van der Waals surface area contributed by atoms with Crippen LogP contribution in [0.1, 0.15) is 32.2 Å². The molecule has 5 heteroatoms. The molecule has 0 saturated carbocycles. The molecule has 0 unspecified atom stereocenters. The second kappa shape index (κ2) is 5.21. The van der Waals surface area contributed by atoms with E-state index in [1.165, 1.54) is 0 Å². The Kier molecular flexibility index (Phi) is 3.80. The predicted octanol–water partition coefficient (Wildman–Crippen LogP) is 3.29. The Morgan fingerprint density at radius 1 is 1.26 bits per heavy atom. The van der Waals surface area contributed by atoms with Gasteiger partial charge in [-0.15, -0.1) is 10.2 Å². The quantitative estimate of drug-likeness (QED) is 0.866. The smallest absolute Gasteiger partial charge is 0.225 e. The molecule has 1 aromatic carbocycles. The summed E-state index contributed by atoms with van der Waals surface area (Å²) in [6.07, 6.45) is 0. The minimum atomic E-state index is -0.0982. The van der Waals surface area contributed by atoms with Gasteiger partial charge in [-0.2, -0.15) is 0 Å². The lowest BCUT2D eigenvalue weighted by Gasteiger charge is -2.19. The lowest BCUT2D eigenvalue weighted by atomic mass is 9.95. The summed E-state index contributed by atoms with van der Waals surface area (Å²) in [7, 11) is 1.66. The van der Waals surface area contributed by atoms with Crippen molar-refractivity contribution in [1.82, 2.24) is 14.8 Å². The summed E-state index contributed by atoms with van der Waals surface area (Å²) in [5, 5.41) is 8.55. The number of aromatic nitrogens is 3. The summed E-state index contributed by atoms with van der Waals surface area (Å²) in [5.41, 5.74) is 1.01. The maximum absolute atomic E-state index is 6.13. The number of nitrogens with zero attached hydrogens (tertiary/aromatic N) is 3. The first-order chi connectivity index (χ1) is 8.91. The van der Waals surface area contributed by atoms with Gasteiger partial charge in [0.05, 0.1) is 13.7 Å². The Hall–Kier alpha value is -1.55. The van der Waals surface area contributed by atoms with E-state index in [4.69, 9.17) is 16.3 Å². The Labute approximate surface area is 118 Å². The molecule has 0 bridgehead atoms. The highest BCUT2D eigenvalue weighted by Crippen LogP contribution is 2.24. The van der Waals surface area contributed by atoms with Crippen LogP contribution in [-0.2, 0) is 12.0 Å². The Morgan fingerprint density at radius 3 is 2.63 bits per heavy atom. The van der Waals surface area contributed by atoms with E-state index in [-0.39, 0.29) is 5.41 Å². The van der Waals surface area contributed by atoms with E-state index in [0.29, 0.717) is 11.8 Å².